The van der Waals surface area contributed by atoms with Crippen LogP contribution in [0.3, 0.4) is 0 Å². The van der Waals surface area contributed by atoms with E-state index in [0.29, 0.717) is 0 Å². The van der Waals surface area contributed by atoms with Gasteiger partial charge in [0.15, 0.2) is 0 Å². The fraction of sp³-hybridized carbons (Fsp3) is 0. The zero-order chi connectivity index (χ0) is 15.0. The first kappa shape index (κ1) is 20.5. The van der Waals surface area contributed by atoms with Crippen LogP contribution < -0.4 is 0 Å². The predicted molar refractivity (Wildman–Crippen MR) is 59.4 cm³/mol. The van der Waals surface area contributed by atoms with Gasteiger partial charge in [-0.1, -0.05) is 12.2 Å². The zero-order valence-corrected chi connectivity index (χ0v) is 9.40. The normalized spacial score (nSPS) is 10.0. The summed E-state index contributed by atoms with van der Waals surface area (Å²) in [5.41, 5.74) is 25.8. The maximum atomic E-state index is 10.3. The minimum Gasteiger partial charge on any atom is -0.373 e. The van der Waals surface area contributed by atoms with Crippen molar-refractivity contribution < 1.29 is 18.0 Å². The van der Waals surface area contributed by atoms with Crippen molar-refractivity contribution in [1.29, 1.82) is 10.3 Å². The Morgan fingerprint density at radius 2 is 1.17 bits per heavy atom. The summed E-state index contributed by atoms with van der Waals surface area (Å²) in [5, 5.41) is 0. The van der Waals surface area contributed by atoms with E-state index in [4.69, 9.17) is 35.3 Å². The summed E-state index contributed by atoms with van der Waals surface area (Å²) in [4.78, 5) is 23.9. The van der Waals surface area contributed by atoms with Gasteiger partial charge >= 0.3 is 10.5 Å². The van der Waals surface area contributed by atoms with E-state index in [1.54, 1.807) is 17.1 Å². The molecule has 96 valence electrons. The number of nitrogens with zero attached hydrogens (tertiary/aromatic N) is 5. The highest BCUT2D eigenvalue weighted by molar-refractivity contribution is 7.60. The number of carbonyl (C=O) groups excluding carboxylic acids is 2. The second-order valence-electron chi connectivity index (χ2n) is 1.87. The van der Waals surface area contributed by atoms with E-state index in [0.717, 1.165) is 0 Å². The second kappa shape index (κ2) is 16.5. The summed E-state index contributed by atoms with van der Waals surface area (Å²) in [7, 11) is -2.61. The van der Waals surface area contributed by atoms with Crippen molar-refractivity contribution in [2.75, 3.05) is 0 Å². The highest BCUT2D eigenvalue weighted by Gasteiger charge is 2.06. The van der Waals surface area contributed by atoms with Crippen molar-refractivity contribution in [3.05, 3.63) is 50.7 Å². The fourth-order valence-electron chi connectivity index (χ4n) is 0.450. The molecule has 0 fully saturated rings. The summed E-state index contributed by atoms with van der Waals surface area (Å²) in [6, 6.07) is 0. The quantitative estimate of drug-likeness (QED) is 0.221. The molecule has 0 aromatic rings. The van der Waals surface area contributed by atoms with E-state index in [1.165, 1.54) is 17.1 Å². The van der Waals surface area contributed by atoms with Crippen LogP contribution in [0.5, 0.6) is 0 Å². The lowest BCUT2D eigenvalue weighted by Crippen LogP contribution is -2.08. The van der Waals surface area contributed by atoms with Crippen molar-refractivity contribution in [3.8, 4) is 0 Å². The van der Waals surface area contributed by atoms with Gasteiger partial charge in [-0.05, 0) is 22.6 Å². The lowest BCUT2D eigenvalue weighted by molar-refractivity contribution is -0.131. The average Bonchev–Trinajstić information content (AvgIpc) is 2.24. The zero-order valence-electron chi connectivity index (χ0n) is 8.59. The molecule has 0 radical (unpaired) electrons. The van der Waals surface area contributed by atoms with E-state index in [1.807, 2.05) is 0 Å². The highest BCUT2D eigenvalue weighted by atomic mass is 32.2. The van der Waals surface area contributed by atoms with Gasteiger partial charge in [0.2, 0.25) is 11.6 Å². The molecule has 0 bridgehead atoms. The number of carbonyl (C=O) groups is 2. The molecule has 2 N–H and O–H groups in total. The molecule has 0 spiro atoms. The lowest BCUT2D eigenvalue weighted by Gasteiger charge is -1.88. The molecule has 0 aliphatic heterocycles. The Morgan fingerprint density at radius 1 is 1.00 bits per heavy atom. The third-order valence-electron chi connectivity index (χ3n) is 0.849. The van der Waals surface area contributed by atoms with Crippen LogP contribution in [-0.2, 0) is 20.1 Å². The summed E-state index contributed by atoms with van der Waals surface area (Å²) in [5.74, 6) is -0.875. The molecule has 12 heteroatoms. The molecule has 0 saturated heterocycles. The molecule has 1 rings (SSSR count). The van der Waals surface area contributed by atoms with Gasteiger partial charge in [-0.25, -0.2) is 0 Å². The van der Waals surface area contributed by atoms with E-state index in [9.17, 15) is 9.59 Å². The number of ketones is 2. The van der Waals surface area contributed by atoms with Crippen LogP contribution in [0.4, 0.5) is 0 Å². The number of allylic oxidation sites excluding steroid dienone is 4. The predicted octanol–water partition coefficient (Wildman–Crippen LogP) is 1.62. The van der Waals surface area contributed by atoms with E-state index in [-0.39, 0.29) is 0 Å². The number of hydrogen-bond donors (Lipinski definition) is 2. The Hall–Kier alpha value is -2.94. The fourth-order valence-corrected chi connectivity index (χ4v) is 0.450. The van der Waals surface area contributed by atoms with Gasteiger partial charge in [-0.3, -0.25) is 14.5 Å². The van der Waals surface area contributed by atoms with Crippen molar-refractivity contribution >= 4 is 22.1 Å². The molecule has 11 nitrogen and oxygen atoms in total. The maximum Gasteiger partial charge on any atom is 0.308 e. The van der Waals surface area contributed by atoms with Gasteiger partial charge in [0, 0.05) is 0 Å². The molecule has 0 aromatic carbocycles. The van der Waals surface area contributed by atoms with Crippen molar-refractivity contribution in [2.45, 2.75) is 0 Å². The Labute approximate surface area is 102 Å². The smallest absolute Gasteiger partial charge is 0.308 e. The minimum atomic E-state index is -2.61. The van der Waals surface area contributed by atoms with Crippen molar-refractivity contribution in [2.24, 2.45) is 0 Å². The van der Waals surface area contributed by atoms with Crippen LogP contribution in [-0.4, -0.2) is 20.0 Å². The van der Waals surface area contributed by atoms with Crippen LogP contribution in [0, 0.1) is 10.3 Å². The van der Waals surface area contributed by atoms with Crippen LogP contribution in [0.15, 0.2) is 24.3 Å². The first-order chi connectivity index (χ1) is 8.37. The van der Waals surface area contributed by atoms with Crippen LogP contribution in [0.25, 0.3) is 26.4 Å². The molecule has 0 amide bonds. The first-order valence-electron chi connectivity index (χ1n) is 3.60. The SMILES string of the molecule is N=S(=O)=O.O=C1C=CC=CC1=O.[N-]=[N+]=N.[N-]=[N+]=[N-]. The van der Waals surface area contributed by atoms with Crippen LogP contribution in [0.2, 0.25) is 0 Å². The molecule has 18 heavy (non-hydrogen) atoms. The Kier molecular flexibility index (Phi) is 18.8. The van der Waals surface area contributed by atoms with Gasteiger partial charge in [0.25, 0.3) is 0 Å². The van der Waals surface area contributed by atoms with E-state index < -0.39 is 22.1 Å². The summed E-state index contributed by atoms with van der Waals surface area (Å²) in [6.07, 6.45) is 5.60. The second-order valence-corrected chi connectivity index (χ2v) is 2.34. The standard InChI is InChI=1S/C6H4O2.HN3.N3.HNO2S/c7-5-3-1-2-4-6(5)8;2*1-3-2;1-4(2)3/h1-4H;1H;;1H/q;;-1;. The van der Waals surface area contributed by atoms with Gasteiger partial charge in [0.05, 0.1) is 0 Å². The Bertz CT molecular complexity index is 464. The third kappa shape index (κ3) is 29.2. The van der Waals surface area contributed by atoms with Gasteiger partial charge in [-0.2, -0.15) is 13.2 Å². The molecular formula is C6H6N7O4S-. The van der Waals surface area contributed by atoms with Crippen molar-refractivity contribution in [3.63, 3.8) is 0 Å². The van der Waals surface area contributed by atoms with Crippen molar-refractivity contribution in [1.82, 2.24) is 0 Å². The number of rotatable bonds is 0. The van der Waals surface area contributed by atoms with Crippen LogP contribution in [0.1, 0.15) is 0 Å². The molecule has 0 saturated carbocycles. The molecule has 1 aliphatic carbocycles. The van der Waals surface area contributed by atoms with E-state index >= 15 is 0 Å². The van der Waals surface area contributed by atoms with Gasteiger partial charge < -0.3 is 11.1 Å². The summed E-state index contributed by atoms with van der Waals surface area (Å²) in [6.45, 7) is 0. The summed E-state index contributed by atoms with van der Waals surface area (Å²) < 4.78 is 22.8. The monoisotopic (exact) mass is 272 g/mol. The molecule has 0 heterocycles. The molecular weight excluding hydrogens is 266 g/mol. The molecule has 0 atom stereocenters. The summed E-state index contributed by atoms with van der Waals surface area (Å²) >= 11 is 0. The maximum absolute atomic E-state index is 10.3. The number of nitrogens with one attached hydrogen (secondary N) is 2. The van der Waals surface area contributed by atoms with Gasteiger partial charge in [0.1, 0.15) is 0 Å². The average molecular weight is 272 g/mol. The van der Waals surface area contributed by atoms with E-state index in [2.05, 4.69) is 0 Å². The van der Waals surface area contributed by atoms with Crippen LogP contribution >= 0.6 is 0 Å². The lowest BCUT2D eigenvalue weighted by atomic mass is 10.1. The topological polar surface area (TPSA) is 211 Å². The van der Waals surface area contributed by atoms with Gasteiger partial charge in [-0.15, -0.1) is 5.53 Å². The minimum absolute atomic E-state index is 0.437. The molecule has 1 aliphatic rings. The highest BCUT2D eigenvalue weighted by Crippen LogP contribution is 1.90. The Morgan fingerprint density at radius 3 is 1.28 bits per heavy atom. The number of hydrogen-bond acceptors (Lipinski definition) is 6. The molecule has 0 aromatic heterocycles. The third-order valence-corrected chi connectivity index (χ3v) is 0.849. The first-order valence-corrected chi connectivity index (χ1v) is 4.67. The molecule has 0 unspecified atom stereocenters. The largest absolute Gasteiger partial charge is 0.373 e. The Balaban J connectivity index is -0.000000192.